The van der Waals surface area contributed by atoms with E-state index in [1.165, 1.54) is 0 Å². The van der Waals surface area contributed by atoms with Gasteiger partial charge in [0, 0.05) is 40.8 Å². The van der Waals surface area contributed by atoms with Crippen LogP contribution in [0.4, 0.5) is 11.4 Å². The van der Waals surface area contributed by atoms with Gasteiger partial charge in [-0.25, -0.2) is 0 Å². The van der Waals surface area contributed by atoms with E-state index in [2.05, 4.69) is 41.9 Å². The Morgan fingerprint density at radius 2 is 2.04 bits per heavy atom. The van der Waals surface area contributed by atoms with Crippen molar-refractivity contribution in [1.82, 2.24) is 0 Å². The first-order valence-electron chi connectivity index (χ1n) is 9.22. The molecule has 1 saturated heterocycles. The van der Waals surface area contributed by atoms with Gasteiger partial charge in [0.25, 0.3) is 0 Å². The molecule has 0 bridgehead atoms. The number of fused-ring (bicyclic) bond motifs is 1. The third-order valence-corrected chi connectivity index (χ3v) is 6.05. The Morgan fingerprint density at radius 3 is 2.79 bits per heavy atom. The Kier molecular flexibility index (Phi) is 4.51. The lowest BCUT2D eigenvalue weighted by Crippen LogP contribution is -2.39. The maximum atomic E-state index is 13.3. The number of carbonyl (C=O) groups excluding carboxylic acids is 2. The zero-order chi connectivity index (χ0) is 20.1. The molecule has 0 saturated carbocycles. The van der Waals surface area contributed by atoms with E-state index in [-0.39, 0.29) is 29.6 Å². The standard InChI is InChI=1S/C22H20BrN3O2/c1-22(2)13-26(19-7-6-16(23)10-18(19)22)21(28)15-9-20(27)25(12-15)17-5-3-4-14(8-17)11-24/h3-8,10,15H,9,12-13H2,1-2H3/t15-/m0/s1. The first-order valence-corrected chi connectivity index (χ1v) is 10.0. The topological polar surface area (TPSA) is 64.4 Å². The third-order valence-electron chi connectivity index (χ3n) is 5.56. The van der Waals surface area contributed by atoms with Gasteiger partial charge in [0.05, 0.1) is 17.6 Å². The number of rotatable bonds is 2. The molecule has 4 rings (SSSR count). The van der Waals surface area contributed by atoms with Crippen LogP contribution in [-0.4, -0.2) is 24.9 Å². The van der Waals surface area contributed by atoms with Crippen LogP contribution in [0.3, 0.4) is 0 Å². The Hall–Kier alpha value is -2.65. The summed E-state index contributed by atoms with van der Waals surface area (Å²) in [5.74, 6) is -0.479. The average molecular weight is 438 g/mol. The SMILES string of the molecule is CC1(C)CN(C(=O)[C@H]2CC(=O)N(c3cccc(C#N)c3)C2)c2ccc(Br)cc21. The van der Waals surface area contributed by atoms with E-state index in [0.717, 1.165) is 15.7 Å². The van der Waals surface area contributed by atoms with Crippen LogP contribution in [0.25, 0.3) is 0 Å². The van der Waals surface area contributed by atoms with E-state index in [0.29, 0.717) is 24.3 Å². The molecule has 2 aromatic carbocycles. The van der Waals surface area contributed by atoms with Crippen LogP contribution in [0, 0.1) is 17.2 Å². The van der Waals surface area contributed by atoms with Crippen LogP contribution in [-0.2, 0) is 15.0 Å². The summed E-state index contributed by atoms with van der Waals surface area (Å²) in [6, 6.07) is 15.0. The van der Waals surface area contributed by atoms with E-state index < -0.39 is 0 Å². The molecule has 2 aliphatic heterocycles. The number of anilines is 2. The molecular weight excluding hydrogens is 418 g/mol. The van der Waals surface area contributed by atoms with Gasteiger partial charge in [0.2, 0.25) is 11.8 Å². The number of amides is 2. The van der Waals surface area contributed by atoms with Crippen LogP contribution >= 0.6 is 15.9 Å². The number of hydrogen-bond acceptors (Lipinski definition) is 3. The molecule has 2 amide bonds. The highest BCUT2D eigenvalue weighted by Crippen LogP contribution is 2.43. The third kappa shape index (κ3) is 3.10. The van der Waals surface area contributed by atoms with Gasteiger partial charge in [0.15, 0.2) is 0 Å². The number of carbonyl (C=O) groups is 2. The van der Waals surface area contributed by atoms with Crippen LogP contribution in [0.1, 0.15) is 31.4 Å². The summed E-state index contributed by atoms with van der Waals surface area (Å²) in [6.45, 7) is 5.21. The Bertz CT molecular complexity index is 1020. The summed E-state index contributed by atoms with van der Waals surface area (Å²) in [5, 5.41) is 9.10. The monoisotopic (exact) mass is 437 g/mol. The average Bonchev–Trinajstić information content (AvgIpc) is 3.19. The van der Waals surface area contributed by atoms with E-state index in [9.17, 15) is 9.59 Å². The molecular formula is C22H20BrN3O2. The molecule has 5 nitrogen and oxygen atoms in total. The molecule has 142 valence electrons. The minimum absolute atomic E-state index is 0.0126. The van der Waals surface area contributed by atoms with Crippen LogP contribution < -0.4 is 9.80 Å². The summed E-state index contributed by atoms with van der Waals surface area (Å²) >= 11 is 3.52. The second kappa shape index (κ2) is 6.75. The molecule has 0 unspecified atom stereocenters. The Morgan fingerprint density at radius 1 is 1.25 bits per heavy atom. The number of nitriles is 1. The summed E-state index contributed by atoms with van der Waals surface area (Å²) in [6.07, 6.45) is 0.193. The minimum atomic E-state index is -0.386. The highest BCUT2D eigenvalue weighted by Gasteiger charge is 2.43. The molecule has 0 spiro atoms. The molecule has 0 N–H and O–H groups in total. The predicted molar refractivity (Wildman–Crippen MR) is 111 cm³/mol. The summed E-state index contributed by atoms with van der Waals surface area (Å²) < 4.78 is 0.994. The van der Waals surface area contributed by atoms with E-state index in [1.807, 2.05) is 17.0 Å². The van der Waals surface area contributed by atoms with Gasteiger partial charge >= 0.3 is 0 Å². The Balaban J connectivity index is 1.59. The second-order valence-corrected chi connectivity index (χ2v) is 8.95. The quantitative estimate of drug-likeness (QED) is 0.712. The summed E-state index contributed by atoms with van der Waals surface area (Å²) in [4.78, 5) is 29.3. The van der Waals surface area contributed by atoms with Gasteiger partial charge in [-0.05, 0) is 42.0 Å². The van der Waals surface area contributed by atoms with Crippen LogP contribution in [0.15, 0.2) is 46.9 Å². The minimum Gasteiger partial charge on any atom is -0.312 e. The largest absolute Gasteiger partial charge is 0.312 e. The molecule has 6 heteroatoms. The maximum absolute atomic E-state index is 13.3. The molecule has 28 heavy (non-hydrogen) atoms. The smallest absolute Gasteiger partial charge is 0.232 e. The lowest BCUT2D eigenvalue weighted by molar-refractivity contribution is -0.124. The Labute approximate surface area is 172 Å². The van der Waals surface area contributed by atoms with Crippen LogP contribution in [0.2, 0.25) is 0 Å². The van der Waals surface area contributed by atoms with Gasteiger partial charge in [-0.3, -0.25) is 9.59 Å². The van der Waals surface area contributed by atoms with Crippen molar-refractivity contribution in [2.75, 3.05) is 22.9 Å². The van der Waals surface area contributed by atoms with Gasteiger partial charge in [-0.2, -0.15) is 5.26 Å². The number of benzene rings is 2. The highest BCUT2D eigenvalue weighted by atomic mass is 79.9. The fourth-order valence-corrected chi connectivity index (χ4v) is 4.50. The fraction of sp³-hybridized carbons (Fsp3) is 0.318. The van der Waals surface area contributed by atoms with Crippen molar-refractivity contribution in [3.63, 3.8) is 0 Å². The zero-order valence-corrected chi connectivity index (χ0v) is 17.4. The van der Waals surface area contributed by atoms with E-state index in [1.54, 1.807) is 29.2 Å². The van der Waals surface area contributed by atoms with Crippen molar-refractivity contribution >= 4 is 39.1 Å². The van der Waals surface area contributed by atoms with Crippen molar-refractivity contribution in [3.05, 3.63) is 58.1 Å². The number of nitrogens with zero attached hydrogens (tertiary/aromatic N) is 3. The molecule has 2 aliphatic rings. The van der Waals surface area contributed by atoms with E-state index in [4.69, 9.17) is 5.26 Å². The van der Waals surface area contributed by atoms with Crippen molar-refractivity contribution in [2.45, 2.75) is 25.7 Å². The molecule has 1 atom stereocenters. The predicted octanol–water partition coefficient (Wildman–Crippen LogP) is 4.00. The molecule has 2 heterocycles. The van der Waals surface area contributed by atoms with Crippen molar-refractivity contribution < 1.29 is 9.59 Å². The van der Waals surface area contributed by atoms with Gasteiger partial charge in [0.1, 0.15) is 0 Å². The lowest BCUT2D eigenvalue weighted by Gasteiger charge is -2.23. The zero-order valence-electron chi connectivity index (χ0n) is 15.8. The maximum Gasteiger partial charge on any atom is 0.232 e. The number of hydrogen-bond donors (Lipinski definition) is 0. The number of halogens is 1. The first-order chi connectivity index (χ1) is 13.3. The molecule has 0 aromatic heterocycles. The summed E-state index contributed by atoms with van der Waals surface area (Å²) in [5.41, 5.74) is 3.10. The summed E-state index contributed by atoms with van der Waals surface area (Å²) in [7, 11) is 0. The van der Waals surface area contributed by atoms with Crippen molar-refractivity contribution in [3.8, 4) is 6.07 Å². The lowest BCUT2D eigenvalue weighted by atomic mass is 9.87. The van der Waals surface area contributed by atoms with Gasteiger partial charge in [-0.15, -0.1) is 0 Å². The first kappa shape index (κ1) is 18.7. The van der Waals surface area contributed by atoms with Crippen LogP contribution in [0.5, 0.6) is 0 Å². The fourth-order valence-electron chi connectivity index (χ4n) is 4.13. The molecule has 1 fully saturated rings. The van der Waals surface area contributed by atoms with Crippen molar-refractivity contribution in [1.29, 1.82) is 5.26 Å². The molecule has 2 aromatic rings. The van der Waals surface area contributed by atoms with Gasteiger partial charge < -0.3 is 9.80 Å². The molecule has 0 radical (unpaired) electrons. The normalized spacial score (nSPS) is 20.2. The van der Waals surface area contributed by atoms with Crippen molar-refractivity contribution in [2.24, 2.45) is 5.92 Å². The van der Waals surface area contributed by atoms with Gasteiger partial charge in [-0.1, -0.05) is 35.8 Å². The highest BCUT2D eigenvalue weighted by molar-refractivity contribution is 9.10. The second-order valence-electron chi connectivity index (χ2n) is 8.04. The van der Waals surface area contributed by atoms with E-state index >= 15 is 0 Å². The molecule has 0 aliphatic carbocycles.